The van der Waals surface area contributed by atoms with E-state index in [-0.39, 0.29) is 11.7 Å². The molecule has 2 aromatic carbocycles. The molecule has 0 fully saturated rings. The molecule has 0 saturated carbocycles. The van der Waals surface area contributed by atoms with E-state index < -0.39 is 0 Å². The number of anilines is 1. The Morgan fingerprint density at radius 2 is 1.88 bits per heavy atom. The topological polar surface area (TPSA) is 85.1 Å². The van der Waals surface area contributed by atoms with Gasteiger partial charge >= 0.3 is 0 Å². The van der Waals surface area contributed by atoms with E-state index in [0.717, 1.165) is 26.8 Å². The molecule has 0 unspecified atom stereocenters. The molecule has 32 heavy (non-hydrogen) atoms. The van der Waals surface area contributed by atoms with E-state index >= 15 is 0 Å². The maximum absolute atomic E-state index is 12.4. The summed E-state index contributed by atoms with van der Waals surface area (Å²) in [5, 5.41) is 17.1. The summed E-state index contributed by atoms with van der Waals surface area (Å²) in [5.74, 6) is 0.789. The Morgan fingerprint density at radius 1 is 1.06 bits per heavy atom. The summed E-state index contributed by atoms with van der Waals surface area (Å²) in [5.41, 5.74) is 2.09. The number of carbonyl (C=O) groups is 1. The summed E-state index contributed by atoms with van der Waals surface area (Å²) in [6, 6.07) is 17.5. The first kappa shape index (κ1) is 21.1. The molecular formula is C21H15ClN6OS3. The van der Waals surface area contributed by atoms with Crippen LogP contribution in [0, 0.1) is 0 Å². The van der Waals surface area contributed by atoms with Crippen LogP contribution < -0.4 is 5.32 Å². The van der Waals surface area contributed by atoms with Crippen LogP contribution in [-0.2, 0) is 11.2 Å². The molecule has 11 heteroatoms. The second-order valence-corrected chi connectivity index (χ2v) is 10.5. The highest BCUT2D eigenvalue weighted by Crippen LogP contribution is 2.28. The van der Waals surface area contributed by atoms with Crippen LogP contribution in [0.4, 0.5) is 5.13 Å². The molecule has 0 aliphatic rings. The highest BCUT2D eigenvalue weighted by Gasteiger charge is 2.15. The molecule has 0 aliphatic carbocycles. The van der Waals surface area contributed by atoms with E-state index in [9.17, 15) is 4.79 Å². The highest BCUT2D eigenvalue weighted by atomic mass is 35.5. The average molecular weight is 499 g/mol. The first-order chi connectivity index (χ1) is 15.6. The molecule has 3 aromatic heterocycles. The van der Waals surface area contributed by atoms with Gasteiger partial charge in [-0.1, -0.05) is 77.2 Å². The van der Waals surface area contributed by atoms with Crippen LogP contribution in [-0.4, -0.2) is 36.5 Å². The number of amides is 1. The molecule has 0 aliphatic heterocycles. The third-order valence-corrected chi connectivity index (χ3v) is 7.62. The van der Waals surface area contributed by atoms with Crippen LogP contribution in [0.5, 0.6) is 0 Å². The van der Waals surface area contributed by atoms with Gasteiger partial charge in [0.25, 0.3) is 0 Å². The molecule has 0 spiro atoms. The van der Waals surface area contributed by atoms with Crippen molar-refractivity contribution in [2.24, 2.45) is 0 Å². The lowest BCUT2D eigenvalue weighted by molar-refractivity contribution is -0.113. The van der Waals surface area contributed by atoms with Crippen molar-refractivity contribution in [2.45, 2.75) is 10.8 Å². The number of thiazole rings is 1. The first-order valence-corrected chi connectivity index (χ1v) is 12.5. The van der Waals surface area contributed by atoms with Gasteiger partial charge in [-0.25, -0.2) is 4.98 Å². The fourth-order valence-electron chi connectivity index (χ4n) is 2.96. The van der Waals surface area contributed by atoms with Crippen molar-refractivity contribution >= 4 is 62.0 Å². The number of carbonyl (C=O) groups excluding carboxylic acids is 1. The van der Waals surface area contributed by atoms with Crippen molar-refractivity contribution in [1.29, 1.82) is 0 Å². The number of halogens is 1. The molecular weight excluding hydrogens is 484 g/mol. The molecule has 0 saturated heterocycles. The number of benzene rings is 2. The van der Waals surface area contributed by atoms with Gasteiger partial charge in [-0.3, -0.25) is 4.79 Å². The maximum atomic E-state index is 12.4. The van der Waals surface area contributed by atoms with E-state index in [4.69, 9.17) is 11.6 Å². The van der Waals surface area contributed by atoms with Gasteiger partial charge in [-0.2, -0.15) is 4.52 Å². The Balaban J connectivity index is 1.18. The minimum absolute atomic E-state index is 0.128. The number of hydrogen-bond acceptors (Lipinski definition) is 8. The summed E-state index contributed by atoms with van der Waals surface area (Å²) in [6.07, 6.45) is 2.53. The Kier molecular flexibility index (Phi) is 6.17. The number of hydrogen-bond donors (Lipinski definition) is 1. The molecule has 5 rings (SSSR count). The van der Waals surface area contributed by atoms with E-state index in [2.05, 4.69) is 25.6 Å². The van der Waals surface area contributed by atoms with E-state index in [1.165, 1.54) is 34.4 Å². The van der Waals surface area contributed by atoms with Crippen LogP contribution in [0.25, 0.3) is 16.3 Å². The van der Waals surface area contributed by atoms with Crippen LogP contribution in [0.1, 0.15) is 10.4 Å². The van der Waals surface area contributed by atoms with Crippen molar-refractivity contribution in [3.63, 3.8) is 0 Å². The predicted octanol–water partition coefficient (Wildman–Crippen LogP) is 5.28. The molecule has 0 atom stereocenters. The normalized spacial score (nSPS) is 11.2. The summed E-state index contributed by atoms with van der Waals surface area (Å²) in [6.45, 7) is 0. The minimum Gasteiger partial charge on any atom is -0.301 e. The molecule has 5 aromatic rings. The average Bonchev–Trinajstić information content (AvgIpc) is 3.51. The van der Waals surface area contributed by atoms with E-state index in [1.807, 2.05) is 54.6 Å². The lowest BCUT2D eigenvalue weighted by Gasteiger charge is -2.00. The van der Waals surface area contributed by atoms with Crippen molar-refractivity contribution in [3.8, 4) is 11.4 Å². The number of nitrogens with zero attached hydrogens (tertiary/aromatic N) is 5. The largest absolute Gasteiger partial charge is 0.301 e. The van der Waals surface area contributed by atoms with Gasteiger partial charge in [-0.15, -0.1) is 26.6 Å². The fourth-order valence-corrected chi connectivity index (χ4v) is 5.62. The van der Waals surface area contributed by atoms with Gasteiger partial charge < -0.3 is 5.32 Å². The van der Waals surface area contributed by atoms with E-state index in [1.54, 1.807) is 10.7 Å². The number of nitrogens with one attached hydrogen (secondary N) is 1. The van der Waals surface area contributed by atoms with Crippen molar-refractivity contribution in [2.75, 3.05) is 11.1 Å². The predicted molar refractivity (Wildman–Crippen MR) is 130 cm³/mol. The zero-order valence-corrected chi connectivity index (χ0v) is 19.6. The summed E-state index contributed by atoms with van der Waals surface area (Å²) in [4.78, 5) is 18.5. The quantitative estimate of drug-likeness (QED) is 0.307. The Bertz CT molecular complexity index is 1360. The molecule has 1 amide bonds. The van der Waals surface area contributed by atoms with Gasteiger partial charge in [0.2, 0.25) is 10.9 Å². The van der Waals surface area contributed by atoms with Crippen LogP contribution >= 0.6 is 46.0 Å². The Hall–Kier alpha value is -2.79. The fraction of sp³-hybridized carbons (Fsp3) is 0.0952. The monoisotopic (exact) mass is 498 g/mol. The summed E-state index contributed by atoms with van der Waals surface area (Å²) >= 11 is 10.2. The number of rotatable bonds is 7. The molecule has 0 radical (unpaired) electrons. The van der Waals surface area contributed by atoms with Crippen molar-refractivity contribution in [3.05, 3.63) is 76.3 Å². The Morgan fingerprint density at radius 3 is 2.69 bits per heavy atom. The van der Waals surface area contributed by atoms with E-state index in [0.29, 0.717) is 20.9 Å². The van der Waals surface area contributed by atoms with Gasteiger partial charge in [0.1, 0.15) is 0 Å². The SMILES string of the molecule is O=C(CSc1nn2c(-c3ccccc3)nnc2s1)Nc1ncc(Cc2ccc(Cl)cc2)s1. The Labute approximate surface area is 200 Å². The zero-order valence-electron chi connectivity index (χ0n) is 16.4. The van der Waals surface area contributed by atoms with Crippen molar-refractivity contribution < 1.29 is 4.79 Å². The lowest BCUT2D eigenvalue weighted by atomic mass is 10.1. The molecule has 160 valence electrons. The summed E-state index contributed by atoms with van der Waals surface area (Å²) in [7, 11) is 0. The molecule has 3 heterocycles. The minimum atomic E-state index is -0.128. The lowest BCUT2D eigenvalue weighted by Crippen LogP contribution is -2.13. The van der Waals surface area contributed by atoms with Crippen LogP contribution in [0.2, 0.25) is 5.02 Å². The number of aromatic nitrogens is 5. The highest BCUT2D eigenvalue weighted by molar-refractivity contribution is 8.01. The zero-order chi connectivity index (χ0) is 21.9. The molecule has 7 nitrogen and oxygen atoms in total. The van der Waals surface area contributed by atoms with Crippen molar-refractivity contribution in [1.82, 2.24) is 24.8 Å². The van der Waals surface area contributed by atoms with Gasteiger partial charge in [-0.05, 0) is 17.7 Å². The number of thioether (sulfide) groups is 1. The van der Waals surface area contributed by atoms with Gasteiger partial charge in [0, 0.05) is 28.1 Å². The van der Waals surface area contributed by atoms with Crippen LogP contribution in [0.3, 0.4) is 0 Å². The third kappa shape index (κ3) is 4.83. The summed E-state index contributed by atoms with van der Waals surface area (Å²) < 4.78 is 2.47. The maximum Gasteiger partial charge on any atom is 0.236 e. The first-order valence-electron chi connectivity index (χ1n) is 9.53. The van der Waals surface area contributed by atoms with Gasteiger partial charge in [0.15, 0.2) is 15.3 Å². The molecule has 0 bridgehead atoms. The third-order valence-electron chi connectivity index (χ3n) is 4.42. The standard InChI is InChI=1S/C21H15ClN6OS3/c22-15-8-6-13(7-9-15)10-16-11-23-19(31-16)24-17(29)12-30-21-27-28-18(25-26-20(28)32-21)14-4-2-1-3-5-14/h1-9,11H,10,12H2,(H,23,24,29). The van der Waals surface area contributed by atoms with Gasteiger partial charge in [0.05, 0.1) is 5.75 Å². The molecule has 1 N–H and O–H groups in total. The smallest absolute Gasteiger partial charge is 0.236 e. The van der Waals surface area contributed by atoms with Crippen LogP contribution in [0.15, 0.2) is 65.1 Å². The second-order valence-electron chi connectivity index (χ2n) is 6.72. The second kappa shape index (κ2) is 9.37. The number of fused-ring (bicyclic) bond motifs is 1.